The highest BCUT2D eigenvalue weighted by atomic mass is 79.9. The summed E-state index contributed by atoms with van der Waals surface area (Å²) in [5.74, 6) is 0.119. The first-order valence-corrected chi connectivity index (χ1v) is 6.83. The zero-order chi connectivity index (χ0) is 13.4. The lowest BCUT2D eigenvalue weighted by Gasteiger charge is -2.03. The van der Waals surface area contributed by atoms with Crippen LogP contribution in [0.3, 0.4) is 0 Å². The maximum atomic E-state index is 12.2. The van der Waals surface area contributed by atoms with Crippen LogP contribution in [0.4, 0.5) is 0 Å². The number of aromatic nitrogens is 2. The lowest BCUT2D eigenvalue weighted by Crippen LogP contribution is -2.08. The van der Waals surface area contributed by atoms with Crippen LogP contribution in [-0.2, 0) is 13.6 Å². The van der Waals surface area contributed by atoms with Crippen LogP contribution in [0.5, 0.6) is 0 Å². The minimum Gasteiger partial charge on any atom is -0.357 e. The van der Waals surface area contributed by atoms with Crippen LogP contribution in [0.1, 0.15) is 10.4 Å². The maximum Gasteiger partial charge on any atom is 0.184 e. The number of carbonyl (C=O) groups excluding carboxylic acids is 1. The van der Waals surface area contributed by atoms with Gasteiger partial charge in [0.2, 0.25) is 0 Å². The van der Waals surface area contributed by atoms with E-state index >= 15 is 0 Å². The first kappa shape index (κ1) is 12.2. The molecule has 0 aliphatic carbocycles. The van der Waals surface area contributed by atoms with E-state index in [9.17, 15) is 4.79 Å². The van der Waals surface area contributed by atoms with E-state index in [1.807, 2.05) is 65.1 Å². The molecule has 2 heterocycles. The maximum absolute atomic E-state index is 12.2. The zero-order valence-electron chi connectivity index (χ0n) is 10.5. The number of Topliss-reactive ketones (excluding diaryl/α,β-unsaturated/α-hetero) is 1. The molecule has 0 bridgehead atoms. The topological polar surface area (TPSA) is 26.9 Å². The molecule has 3 nitrogen and oxygen atoms in total. The number of hydrogen-bond acceptors (Lipinski definition) is 1. The summed E-state index contributed by atoms with van der Waals surface area (Å²) in [5.41, 5.74) is 1.81. The Labute approximate surface area is 119 Å². The number of nitrogens with zero attached hydrogens (tertiary/aromatic N) is 2. The average molecular weight is 317 g/mol. The fourth-order valence-corrected chi connectivity index (χ4v) is 2.83. The van der Waals surface area contributed by atoms with E-state index in [4.69, 9.17) is 0 Å². The van der Waals surface area contributed by atoms with E-state index < -0.39 is 0 Å². The summed E-state index contributed by atoms with van der Waals surface area (Å²) in [6.45, 7) is 0.357. The lowest BCUT2D eigenvalue weighted by molar-refractivity contribution is 0.0973. The zero-order valence-corrected chi connectivity index (χ0v) is 12.1. The van der Waals surface area contributed by atoms with Crippen LogP contribution >= 0.6 is 15.9 Å². The van der Waals surface area contributed by atoms with Gasteiger partial charge in [0.25, 0.3) is 0 Å². The van der Waals surface area contributed by atoms with Crippen molar-refractivity contribution in [3.05, 3.63) is 59.0 Å². The molecule has 96 valence electrons. The Morgan fingerprint density at radius 2 is 2.00 bits per heavy atom. The van der Waals surface area contributed by atoms with Gasteiger partial charge in [-0.25, -0.2) is 0 Å². The van der Waals surface area contributed by atoms with Gasteiger partial charge in [-0.3, -0.25) is 4.79 Å². The molecule has 1 aromatic carbocycles. The summed E-state index contributed by atoms with van der Waals surface area (Å²) in [6.07, 6.45) is 5.70. The van der Waals surface area contributed by atoms with Gasteiger partial charge >= 0.3 is 0 Å². The minimum atomic E-state index is 0.119. The molecule has 0 radical (unpaired) electrons. The smallest absolute Gasteiger partial charge is 0.184 e. The molecular formula is C15H13BrN2O. The quantitative estimate of drug-likeness (QED) is 0.678. The Morgan fingerprint density at radius 1 is 1.21 bits per heavy atom. The Morgan fingerprint density at radius 3 is 2.74 bits per heavy atom. The predicted octanol–water partition coefficient (Wildman–Crippen LogP) is 3.63. The Hall–Kier alpha value is -1.81. The van der Waals surface area contributed by atoms with Gasteiger partial charge in [-0.05, 0) is 28.1 Å². The van der Waals surface area contributed by atoms with Crippen LogP contribution < -0.4 is 0 Å². The molecule has 0 saturated heterocycles. The Kier molecular flexibility index (Phi) is 3.03. The van der Waals surface area contributed by atoms with Gasteiger partial charge in [0.1, 0.15) is 0 Å². The van der Waals surface area contributed by atoms with Crippen molar-refractivity contribution in [1.29, 1.82) is 0 Å². The molecule has 0 aliphatic heterocycles. The highest BCUT2D eigenvalue weighted by molar-refractivity contribution is 9.10. The number of carbonyl (C=O) groups is 1. The number of rotatable bonds is 3. The summed E-state index contributed by atoms with van der Waals surface area (Å²) in [7, 11) is 1.92. The Bertz CT molecular complexity index is 754. The van der Waals surface area contributed by atoms with Crippen LogP contribution in [0.2, 0.25) is 0 Å². The second-order valence-corrected chi connectivity index (χ2v) is 5.47. The molecule has 19 heavy (non-hydrogen) atoms. The normalized spacial score (nSPS) is 11.1. The van der Waals surface area contributed by atoms with Crippen molar-refractivity contribution in [1.82, 2.24) is 9.13 Å². The van der Waals surface area contributed by atoms with Crippen LogP contribution in [0.25, 0.3) is 10.9 Å². The van der Waals surface area contributed by atoms with Gasteiger partial charge < -0.3 is 9.13 Å². The number of ketones is 1. The number of para-hydroxylation sites is 1. The highest BCUT2D eigenvalue weighted by Gasteiger charge is 2.11. The summed E-state index contributed by atoms with van der Waals surface area (Å²) < 4.78 is 4.88. The third kappa shape index (κ3) is 2.24. The lowest BCUT2D eigenvalue weighted by atomic mass is 10.2. The molecule has 0 spiro atoms. The van der Waals surface area contributed by atoms with Crippen molar-refractivity contribution in [2.45, 2.75) is 6.54 Å². The molecule has 2 aromatic heterocycles. The molecule has 0 saturated carbocycles. The SMILES string of the molecule is Cn1ccc(C(=O)Cn2cc(Br)c3ccccc32)c1. The molecule has 0 N–H and O–H groups in total. The van der Waals surface area contributed by atoms with E-state index in [2.05, 4.69) is 15.9 Å². The van der Waals surface area contributed by atoms with Gasteiger partial charge in [0.15, 0.2) is 5.78 Å². The van der Waals surface area contributed by atoms with E-state index in [0.29, 0.717) is 6.54 Å². The van der Waals surface area contributed by atoms with Crippen molar-refractivity contribution in [3.63, 3.8) is 0 Å². The highest BCUT2D eigenvalue weighted by Crippen LogP contribution is 2.26. The third-order valence-electron chi connectivity index (χ3n) is 3.21. The number of halogens is 1. The first-order valence-electron chi connectivity index (χ1n) is 6.04. The summed E-state index contributed by atoms with van der Waals surface area (Å²) in [4.78, 5) is 12.2. The van der Waals surface area contributed by atoms with Crippen LogP contribution in [0, 0.1) is 0 Å². The van der Waals surface area contributed by atoms with Crippen molar-refractivity contribution in [2.24, 2.45) is 7.05 Å². The number of benzene rings is 1. The molecule has 3 rings (SSSR count). The molecule has 3 aromatic rings. The summed E-state index contributed by atoms with van der Waals surface area (Å²) in [6, 6.07) is 9.90. The number of hydrogen-bond donors (Lipinski definition) is 0. The van der Waals surface area contributed by atoms with Crippen molar-refractivity contribution >= 4 is 32.6 Å². The monoisotopic (exact) mass is 316 g/mol. The fraction of sp³-hybridized carbons (Fsp3) is 0.133. The predicted molar refractivity (Wildman–Crippen MR) is 79.4 cm³/mol. The van der Waals surface area contributed by atoms with Crippen LogP contribution in [-0.4, -0.2) is 14.9 Å². The molecular weight excluding hydrogens is 304 g/mol. The second-order valence-electron chi connectivity index (χ2n) is 4.61. The van der Waals surface area contributed by atoms with E-state index in [0.717, 1.165) is 20.9 Å². The van der Waals surface area contributed by atoms with Crippen molar-refractivity contribution in [2.75, 3.05) is 0 Å². The van der Waals surface area contributed by atoms with E-state index in [1.165, 1.54) is 0 Å². The average Bonchev–Trinajstić information content (AvgIpc) is 2.96. The number of aryl methyl sites for hydroxylation is 1. The molecule has 0 amide bonds. The van der Waals surface area contributed by atoms with Crippen molar-refractivity contribution < 1.29 is 4.79 Å². The van der Waals surface area contributed by atoms with Gasteiger partial charge in [-0.1, -0.05) is 18.2 Å². The van der Waals surface area contributed by atoms with Gasteiger partial charge in [-0.15, -0.1) is 0 Å². The summed E-state index contributed by atoms with van der Waals surface area (Å²) >= 11 is 3.53. The molecule has 0 aliphatic rings. The van der Waals surface area contributed by atoms with Gasteiger partial charge in [-0.2, -0.15) is 0 Å². The minimum absolute atomic E-state index is 0.119. The molecule has 0 unspecified atom stereocenters. The standard InChI is InChI=1S/C15H13BrN2O/c1-17-7-6-11(8-17)15(19)10-18-9-13(16)12-4-2-3-5-14(12)18/h2-9H,10H2,1H3. The van der Waals surface area contributed by atoms with Crippen molar-refractivity contribution in [3.8, 4) is 0 Å². The Balaban J connectivity index is 1.95. The van der Waals surface area contributed by atoms with Crippen LogP contribution in [0.15, 0.2) is 53.4 Å². The molecule has 0 atom stereocenters. The van der Waals surface area contributed by atoms with E-state index in [-0.39, 0.29) is 5.78 Å². The second kappa shape index (κ2) is 4.70. The van der Waals surface area contributed by atoms with Gasteiger partial charge in [0, 0.05) is 46.6 Å². The fourth-order valence-electron chi connectivity index (χ4n) is 2.25. The molecule has 0 fully saturated rings. The third-order valence-corrected chi connectivity index (χ3v) is 3.84. The van der Waals surface area contributed by atoms with E-state index in [1.54, 1.807) is 0 Å². The molecule has 4 heteroatoms. The number of fused-ring (bicyclic) bond motifs is 1. The largest absolute Gasteiger partial charge is 0.357 e. The van der Waals surface area contributed by atoms with Gasteiger partial charge in [0.05, 0.1) is 6.54 Å². The first-order chi connectivity index (χ1) is 9.15. The summed E-state index contributed by atoms with van der Waals surface area (Å²) in [5, 5.41) is 1.13.